The third kappa shape index (κ3) is 0.874. The van der Waals surface area contributed by atoms with Gasteiger partial charge in [-0.1, -0.05) is 0 Å². The van der Waals surface area contributed by atoms with Gasteiger partial charge in [-0.3, -0.25) is 0 Å². The molecule has 0 aromatic carbocycles. The lowest BCUT2D eigenvalue weighted by atomic mass is 10.2. The molecule has 1 aromatic rings. The van der Waals surface area contributed by atoms with Crippen molar-refractivity contribution in [2.24, 2.45) is 0 Å². The van der Waals surface area contributed by atoms with E-state index in [1.165, 1.54) is 0 Å². The van der Waals surface area contributed by atoms with E-state index in [1.807, 2.05) is 0 Å². The van der Waals surface area contributed by atoms with Crippen molar-refractivity contribution in [2.45, 2.75) is 0 Å². The molecule has 8 heteroatoms. The Labute approximate surface area is 86.2 Å². The topological polar surface area (TPSA) is 113 Å². The van der Waals surface area contributed by atoms with Gasteiger partial charge in [0, 0.05) is 0 Å². The van der Waals surface area contributed by atoms with E-state index in [0.29, 0.717) is 0 Å². The predicted octanol–water partition coefficient (Wildman–Crippen LogP) is -0.902. The molecule has 4 bridgehead atoms. The van der Waals surface area contributed by atoms with Gasteiger partial charge in [-0.15, -0.1) is 0 Å². The minimum atomic E-state index is -1.09. The Bertz CT molecular complexity index is 505. The molecule has 0 aliphatic carbocycles. The van der Waals surface area contributed by atoms with Crippen molar-refractivity contribution in [3.8, 4) is 0 Å². The minimum Gasteiger partial charge on any atom is -0.383 e. The molecular weight excluding hydrogens is 220 g/mol. The maximum atomic E-state index is 11.2. The van der Waals surface area contributed by atoms with Gasteiger partial charge in [0.15, 0.2) is 22.8 Å². The Morgan fingerprint density at radius 3 is 1.06 bits per heavy atom. The molecule has 0 radical (unpaired) electrons. The summed E-state index contributed by atoms with van der Waals surface area (Å²) in [5.74, 6) is -4.34. The number of esters is 4. The van der Waals surface area contributed by atoms with Crippen LogP contribution in [-0.4, -0.2) is 33.8 Å². The molecule has 2 aliphatic heterocycles. The van der Waals surface area contributed by atoms with Crippen LogP contribution in [0.5, 0.6) is 0 Å². The fraction of sp³-hybridized carbons (Fsp3) is 0. The molecule has 0 fully saturated rings. The van der Waals surface area contributed by atoms with Crippen molar-refractivity contribution in [3.63, 3.8) is 0 Å². The summed E-state index contributed by atoms with van der Waals surface area (Å²) in [5.41, 5.74) is -1.68. The zero-order valence-electron chi connectivity index (χ0n) is 7.34. The van der Waals surface area contributed by atoms with Crippen LogP contribution in [0, 0.1) is 0 Å². The highest BCUT2D eigenvalue weighted by molar-refractivity contribution is 6.16. The van der Waals surface area contributed by atoms with Crippen LogP contribution in [0.15, 0.2) is 0 Å². The van der Waals surface area contributed by atoms with Crippen LogP contribution in [0.3, 0.4) is 0 Å². The highest BCUT2D eigenvalue weighted by atomic mass is 16.6. The molecule has 0 N–H and O–H groups in total. The van der Waals surface area contributed by atoms with Crippen LogP contribution >= 0.6 is 0 Å². The first-order valence-electron chi connectivity index (χ1n) is 4.03. The fourth-order valence-corrected chi connectivity index (χ4v) is 1.37. The molecule has 2 aliphatic rings. The molecule has 0 saturated carbocycles. The van der Waals surface area contributed by atoms with Crippen molar-refractivity contribution in [2.75, 3.05) is 0 Å². The Hall–Kier alpha value is -2.64. The molecule has 8 nitrogen and oxygen atoms in total. The number of carbonyl (C=O) groups excluding carboxylic acids is 4. The van der Waals surface area contributed by atoms with Gasteiger partial charge in [-0.05, 0) is 0 Å². The first-order chi connectivity index (χ1) is 7.58. The molecule has 0 amide bonds. The molecule has 16 heavy (non-hydrogen) atoms. The van der Waals surface area contributed by atoms with E-state index < -0.39 is 46.7 Å². The number of nitrogens with zero attached hydrogens (tertiary/aromatic N) is 2. The third-order valence-corrected chi connectivity index (χ3v) is 2.04. The lowest BCUT2D eigenvalue weighted by Crippen LogP contribution is -2.35. The van der Waals surface area contributed by atoms with Crippen molar-refractivity contribution in [1.82, 2.24) is 9.97 Å². The summed E-state index contributed by atoms with van der Waals surface area (Å²) in [6.45, 7) is 0. The van der Waals surface area contributed by atoms with E-state index >= 15 is 0 Å². The molecule has 3 rings (SSSR count). The number of fused-ring (bicyclic) bond motifs is 6. The molecule has 0 unspecified atom stereocenters. The van der Waals surface area contributed by atoms with Crippen LogP contribution in [-0.2, 0) is 9.47 Å². The summed E-state index contributed by atoms with van der Waals surface area (Å²) in [5, 5.41) is 0. The summed E-state index contributed by atoms with van der Waals surface area (Å²) < 4.78 is 8.56. The average Bonchev–Trinajstić information content (AvgIpc) is 2.23. The number of hydrogen-bond acceptors (Lipinski definition) is 8. The Morgan fingerprint density at radius 1 is 0.562 bits per heavy atom. The summed E-state index contributed by atoms with van der Waals surface area (Å²) in [7, 11) is 0. The summed E-state index contributed by atoms with van der Waals surface area (Å²) in [4.78, 5) is 51.8. The van der Waals surface area contributed by atoms with E-state index in [1.54, 1.807) is 0 Å². The van der Waals surface area contributed by atoms with E-state index in [0.717, 1.165) is 0 Å². The van der Waals surface area contributed by atoms with E-state index in [-0.39, 0.29) is 0 Å². The van der Waals surface area contributed by atoms with Gasteiger partial charge in [0.1, 0.15) is 0 Å². The maximum Gasteiger partial charge on any atom is 0.367 e. The smallest absolute Gasteiger partial charge is 0.367 e. The fourth-order valence-electron chi connectivity index (χ4n) is 1.37. The second kappa shape index (κ2) is 2.48. The zero-order chi connectivity index (χ0) is 11.4. The van der Waals surface area contributed by atoms with Crippen LogP contribution in [0.2, 0.25) is 0 Å². The second-order valence-corrected chi connectivity index (χ2v) is 2.97. The number of ether oxygens (including phenoxy) is 2. The van der Waals surface area contributed by atoms with E-state index in [9.17, 15) is 19.2 Å². The van der Waals surface area contributed by atoms with E-state index in [4.69, 9.17) is 0 Å². The highest BCUT2D eigenvalue weighted by Crippen LogP contribution is 2.22. The maximum absolute atomic E-state index is 11.2. The second-order valence-electron chi connectivity index (χ2n) is 2.97. The molecule has 1 aromatic heterocycles. The van der Waals surface area contributed by atoms with E-state index in [2.05, 4.69) is 19.4 Å². The van der Waals surface area contributed by atoms with Gasteiger partial charge < -0.3 is 9.47 Å². The Balaban J connectivity index is 2.42. The Morgan fingerprint density at radius 2 is 0.812 bits per heavy atom. The minimum absolute atomic E-state index is 0.421. The molecule has 0 saturated heterocycles. The lowest BCUT2D eigenvalue weighted by Gasteiger charge is -2.17. The highest BCUT2D eigenvalue weighted by Gasteiger charge is 2.41. The summed E-state index contributed by atoms with van der Waals surface area (Å²) in [6, 6.07) is 0. The van der Waals surface area contributed by atoms with Crippen LogP contribution in [0.4, 0.5) is 0 Å². The van der Waals surface area contributed by atoms with Crippen molar-refractivity contribution in [3.05, 3.63) is 22.8 Å². The number of hydrogen-bond donors (Lipinski definition) is 0. The largest absolute Gasteiger partial charge is 0.383 e. The van der Waals surface area contributed by atoms with Gasteiger partial charge >= 0.3 is 23.9 Å². The SMILES string of the molecule is O=C1OC(=O)c2nc1c1nc2C(=O)OC1=O. The van der Waals surface area contributed by atoms with Crippen LogP contribution in [0.25, 0.3) is 0 Å². The van der Waals surface area contributed by atoms with Gasteiger partial charge in [0.2, 0.25) is 0 Å². The normalized spacial score (nSPS) is 17.0. The average molecular weight is 220 g/mol. The van der Waals surface area contributed by atoms with Crippen molar-refractivity contribution < 1.29 is 28.7 Å². The summed E-state index contributed by atoms with van der Waals surface area (Å²) in [6.07, 6.45) is 0. The molecule has 0 atom stereocenters. The van der Waals surface area contributed by atoms with Crippen LogP contribution < -0.4 is 0 Å². The van der Waals surface area contributed by atoms with Gasteiger partial charge in [-0.2, -0.15) is 0 Å². The van der Waals surface area contributed by atoms with Gasteiger partial charge in [-0.25, -0.2) is 29.1 Å². The molecule has 3 heterocycles. The first kappa shape index (κ1) is 8.65. The number of carbonyl (C=O) groups is 4. The number of rotatable bonds is 0. The first-order valence-corrected chi connectivity index (χ1v) is 4.03. The monoisotopic (exact) mass is 220 g/mol. The third-order valence-electron chi connectivity index (χ3n) is 2.04. The van der Waals surface area contributed by atoms with Gasteiger partial charge in [0.25, 0.3) is 0 Å². The number of cyclic esters (lactones) is 4. The molecule has 78 valence electrons. The van der Waals surface area contributed by atoms with Crippen molar-refractivity contribution >= 4 is 23.9 Å². The molecule has 0 spiro atoms. The Kier molecular flexibility index (Phi) is 1.34. The standard InChI is InChI=1S/C8N2O6/c11-5-1-2-6(12)16-8(14)4(10-2)3(9-1)7(13)15-5. The molecular formula is C8N2O6. The van der Waals surface area contributed by atoms with Crippen molar-refractivity contribution in [1.29, 1.82) is 0 Å². The quantitative estimate of drug-likeness (QED) is 0.408. The summed E-state index contributed by atoms with van der Waals surface area (Å²) >= 11 is 0. The zero-order valence-corrected chi connectivity index (χ0v) is 7.34. The predicted molar refractivity (Wildman–Crippen MR) is 41.5 cm³/mol. The number of aromatic nitrogens is 2. The van der Waals surface area contributed by atoms with Crippen LogP contribution in [0.1, 0.15) is 42.0 Å². The lowest BCUT2D eigenvalue weighted by molar-refractivity contribution is 0.0287. The van der Waals surface area contributed by atoms with Gasteiger partial charge in [0.05, 0.1) is 0 Å².